The zero-order valence-electron chi connectivity index (χ0n) is 5.45. The van der Waals surface area contributed by atoms with Crippen LogP contribution in [0.15, 0.2) is 25.3 Å². The van der Waals surface area contributed by atoms with Crippen molar-refractivity contribution in [2.24, 2.45) is 0 Å². The minimum Gasteiger partial charge on any atom is -0.251 e. The van der Waals surface area contributed by atoms with Gasteiger partial charge in [0.2, 0.25) is 0 Å². The summed E-state index contributed by atoms with van der Waals surface area (Å²) in [6, 6.07) is 0. The van der Waals surface area contributed by atoms with Gasteiger partial charge in [-0.15, -0.1) is 13.2 Å². The van der Waals surface area contributed by atoms with Crippen molar-refractivity contribution in [3.63, 3.8) is 0 Å². The van der Waals surface area contributed by atoms with Gasteiger partial charge in [0.1, 0.15) is 6.67 Å². The van der Waals surface area contributed by atoms with E-state index in [1.54, 1.807) is 6.08 Å². The Hall–Kier alpha value is -0.660. The highest BCUT2D eigenvalue weighted by atomic mass is 19.1. The Bertz CT molecular complexity index is 59.9. The quantitative estimate of drug-likeness (QED) is 0.520. The van der Waals surface area contributed by atoms with Gasteiger partial charge in [0, 0.05) is 0 Å². The summed E-state index contributed by atoms with van der Waals surface area (Å²) in [4.78, 5) is 0. The Morgan fingerprint density at radius 2 is 1.56 bits per heavy atom. The van der Waals surface area contributed by atoms with Crippen molar-refractivity contribution in [3.05, 3.63) is 25.3 Å². The highest BCUT2D eigenvalue weighted by molar-refractivity contribution is 4.63. The van der Waals surface area contributed by atoms with Crippen molar-refractivity contribution in [1.82, 2.24) is 0 Å². The molecule has 0 saturated carbocycles. The smallest absolute Gasteiger partial charge is 0.107 e. The van der Waals surface area contributed by atoms with Gasteiger partial charge in [-0.3, -0.25) is 4.39 Å². The number of alkyl halides is 2. The standard InChI is InChI=1S/C4H7F.C3H5F/c1-2-3-4-5;1-2-3-4/h2H,1,3-4H2;2H,1,3H2. The molecule has 0 aliphatic carbocycles. The van der Waals surface area contributed by atoms with Gasteiger partial charge in [0.25, 0.3) is 0 Å². The number of allylic oxidation sites excluding steroid dienone is 2. The second kappa shape index (κ2) is 15.7. The lowest BCUT2D eigenvalue weighted by Crippen LogP contribution is -1.61. The fourth-order valence-corrected chi connectivity index (χ4v) is 0.0772. The van der Waals surface area contributed by atoms with E-state index in [2.05, 4.69) is 13.2 Å². The Morgan fingerprint density at radius 1 is 1.11 bits per heavy atom. The molecule has 9 heavy (non-hydrogen) atoms. The second-order valence-electron chi connectivity index (χ2n) is 1.21. The zero-order valence-corrected chi connectivity index (χ0v) is 5.45. The van der Waals surface area contributed by atoms with E-state index >= 15 is 0 Å². The minimum atomic E-state index is -0.417. The summed E-state index contributed by atoms with van der Waals surface area (Å²) >= 11 is 0. The van der Waals surface area contributed by atoms with E-state index in [9.17, 15) is 8.78 Å². The molecule has 0 saturated heterocycles. The maximum Gasteiger partial charge on any atom is 0.107 e. The number of halogens is 2. The average Bonchev–Trinajstić information content (AvgIpc) is 1.91. The third-order valence-electron chi connectivity index (χ3n) is 0.422. The SMILES string of the molecule is C=CCCF.C=CCF. The summed E-state index contributed by atoms with van der Waals surface area (Å²) in [5.74, 6) is 0. The Kier molecular flexibility index (Phi) is 19.5. The van der Waals surface area contributed by atoms with Gasteiger partial charge in [-0.1, -0.05) is 12.2 Å². The van der Waals surface area contributed by atoms with Gasteiger partial charge in [-0.05, 0) is 6.42 Å². The Morgan fingerprint density at radius 3 is 1.56 bits per heavy atom. The fourth-order valence-electron chi connectivity index (χ4n) is 0.0772. The molecule has 0 atom stereocenters. The van der Waals surface area contributed by atoms with Gasteiger partial charge in [0.05, 0.1) is 6.67 Å². The molecule has 2 heteroatoms. The van der Waals surface area contributed by atoms with Crippen LogP contribution in [0.5, 0.6) is 0 Å². The van der Waals surface area contributed by atoms with E-state index in [-0.39, 0.29) is 6.67 Å². The van der Waals surface area contributed by atoms with Crippen LogP contribution in [-0.4, -0.2) is 13.3 Å². The first-order valence-corrected chi connectivity index (χ1v) is 2.67. The molecule has 0 N–H and O–H groups in total. The lowest BCUT2D eigenvalue weighted by molar-refractivity contribution is 0.501. The van der Waals surface area contributed by atoms with Crippen molar-refractivity contribution in [2.75, 3.05) is 13.3 Å². The largest absolute Gasteiger partial charge is 0.251 e. The number of hydrogen-bond acceptors (Lipinski definition) is 0. The van der Waals surface area contributed by atoms with Crippen molar-refractivity contribution in [1.29, 1.82) is 0 Å². The number of rotatable bonds is 3. The van der Waals surface area contributed by atoms with Crippen LogP contribution in [0.25, 0.3) is 0 Å². The molecule has 0 aromatic carbocycles. The molecule has 0 amide bonds. The molecule has 0 aromatic rings. The molecular weight excluding hydrogens is 122 g/mol. The molecule has 0 aromatic heterocycles. The summed E-state index contributed by atoms with van der Waals surface area (Å²) in [7, 11) is 0. The maximum atomic E-state index is 10.9. The van der Waals surface area contributed by atoms with Crippen LogP contribution in [0.1, 0.15) is 6.42 Å². The van der Waals surface area contributed by atoms with E-state index in [1.165, 1.54) is 6.08 Å². The van der Waals surface area contributed by atoms with Gasteiger partial charge in [-0.2, -0.15) is 0 Å². The van der Waals surface area contributed by atoms with Crippen LogP contribution in [0.3, 0.4) is 0 Å². The highest BCUT2D eigenvalue weighted by Gasteiger charge is 1.65. The van der Waals surface area contributed by atoms with Crippen molar-refractivity contribution < 1.29 is 8.78 Å². The summed E-state index contributed by atoms with van der Waals surface area (Å²) in [5, 5.41) is 0. The van der Waals surface area contributed by atoms with Crippen molar-refractivity contribution >= 4 is 0 Å². The van der Waals surface area contributed by atoms with E-state index < -0.39 is 6.67 Å². The predicted octanol–water partition coefficient (Wildman–Crippen LogP) is 2.67. The van der Waals surface area contributed by atoms with E-state index in [1.807, 2.05) is 0 Å². The normalized spacial score (nSPS) is 6.89. The highest BCUT2D eigenvalue weighted by Crippen LogP contribution is 1.75. The molecule has 0 unspecified atom stereocenters. The van der Waals surface area contributed by atoms with E-state index in [0.29, 0.717) is 6.42 Å². The summed E-state index contributed by atoms with van der Waals surface area (Å²) in [6.45, 7) is 5.72. The van der Waals surface area contributed by atoms with Crippen LogP contribution in [0.2, 0.25) is 0 Å². The van der Waals surface area contributed by atoms with E-state index in [4.69, 9.17) is 0 Å². The van der Waals surface area contributed by atoms with Crippen LogP contribution in [0, 0.1) is 0 Å². The van der Waals surface area contributed by atoms with Crippen molar-refractivity contribution in [3.8, 4) is 0 Å². The maximum absolute atomic E-state index is 10.9. The van der Waals surface area contributed by atoms with Crippen LogP contribution in [-0.2, 0) is 0 Å². The summed E-state index contributed by atoms with van der Waals surface area (Å²) < 4.78 is 21.5. The first kappa shape index (κ1) is 11.2. The zero-order chi connectivity index (χ0) is 7.54. The Labute approximate surface area is 54.9 Å². The molecule has 0 nitrogen and oxygen atoms in total. The van der Waals surface area contributed by atoms with Crippen LogP contribution >= 0.6 is 0 Å². The molecule has 0 aliphatic rings. The topological polar surface area (TPSA) is 0 Å². The molecule has 0 heterocycles. The Balaban J connectivity index is 0. The van der Waals surface area contributed by atoms with Gasteiger partial charge < -0.3 is 0 Å². The van der Waals surface area contributed by atoms with Gasteiger partial charge >= 0.3 is 0 Å². The second-order valence-corrected chi connectivity index (χ2v) is 1.21. The molecule has 0 radical (unpaired) electrons. The molecule has 54 valence electrons. The van der Waals surface area contributed by atoms with Crippen LogP contribution < -0.4 is 0 Å². The summed E-state index contributed by atoms with van der Waals surface area (Å²) in [6.07, 6.45) is 3.25. The average molecular weight is 134 g/mol. The molecule has 0 spiro atoms. The molecular formula is C7H12F2. The van der Waals surface area contributed by atoms with Gasteiger partial charge in [-0.25, -0.2) is 4.39 Å². The fraction of sp³-hybridized carbons (Fsp3) is 0.429. The van der Waals surface area contributed by atoms with E-state index in [0.717, 1.165) is 0 Å². The third kappa shape index (κ3) is 38.2. The lowest BCUT2D eigenvalue weighted by Gasteiger charge is -1.69. The third-order valence-corrected chi connectivity index (χ3v) is 0.422. The molecule has 0 bridgehead atoms. The first-order chi connectivity index (χ1) is 4.33. The predicted molar refractivity (Wildman–Crippen MR) is 37.0 cm³/mol. The molecule has 0 aliphatic heterocycles. The van der Waals surface area contributed by atoms with Crippen LogP contribution in [0.4, 0.5) is 8.78 Å². The monoisotopic (exact) mass is 134 g/mol. The lowest BCUT2D eigenvalue weighted by atomic mass is 10.5. The number of hydrogen-bond donors (Lipinski definition) is 0. The molecule has 0 rings (SSSR count). The van der Waals surface area contributed by atoms with Gasteiger partial charge in [0.15, 0.2) is 0 Å². The minimum absolute atomic E-state index is 0.274. The molecule has 0 fully saturated rings. The van der Waals surface area contributed by atoms with Crippen molar-refractivity contribution in [2.45, 2.75) is 6.42 Å². The summed E-state index contributed by atoms with van der Waals surface area (Å²) in [5.41, 5.74) is 0. The first-order valence-electron chi connectivity index (χ1n) is 2.67.